The normalized spacial score (nSPS) is 50.1. The molecule has 0 amide bonds. The second kappa shape index (κ2) is 2.22. The predicted octanol–water partition coefficient (Wildman–Crippen LogP) is 0.566. The molecule has 12 heavy (non-hydrogen) atoms. The summed E-state index contributed by atoms with van der Waals surface area (Å²) in [6.07, 6.45) is 1.75. The lowest BCUT2D eigenvalue weighted by Gasteiger charge is -2.35. The van der Waals surface area contributed by atoms with E-state index in [4.69, 9.17) is 0 Å². The van der Waals surface area contributed by atoms with E-state index in [1.807, 2.05) is 6.92 Å². The summed E-state index contributed by atoms with van der Waals surface area (Å²) in [5.74, 6) is 0.353. The van der Waals surface area contributed by atoms with Crippen LogP contribution in [0.15, 0.2) is 0 Å². The molecule has 3 aliphatic carbocycles. The van der Waals surface area contributed by atoms with E-state index < -0.39 is 5.60 Å². The maximum Gasteiger partial charge on any atom is 0.309 e. The van der Waals surface area contributed by atoms with E-state index in [2.05, 4.69) is 4.74 Å². The van der Waals surface area contributed by atoms with E-state index >= 15 is 0 Å². The highest BCUT2D eigenvalue weighted by atomic mass is 16.5. The molecule has 0 heterocycles. The number of carbonyl (C=O) groups excluding carboxylic acids is 1. The number of fused-ring (bicyclic) bond motifs is 1. The van der Waals surface area contributed by atoms with Crippen LogP contribution >= 0.6 is 0 Å². The third-order valence-electron chi connectivity index (χ3n) is 3.45. The smallest absolute Gasteiger partial charge is 0.309 e. The third kappa shape index (κ3) is 0.829. The Balaban J connectivity index is 2.12. The molecule has 68 valence electrons. The number of esters is 1. The molecule has 0 aliphatic heterocycles. The van der Waals surface area contributed by atoms with E-state index in [-0.39, 0.29) is 17.8 Å². The van der Waals surface area contributed by atoms with Crippen molar-refractivity contribution in [1.29, 1.82) is 0 Å². The number of carbonyl (C=O) groups is 1. The zero-order valence-corrected chi connectivity index (χ0v) is 7.41. The molecule has 4 atom stereocenters. The van der Waals surface area contributed by atoms with E-state index in [9.17, 15) is 9.90 Å². The van der Waals surface area contributed by atoms with Crippen LogP contribution < -0.4 is 0 Å². The van der Waals surface area contributed by atoms with E-state index in [1.165, 1.54) is 7.11 Å². The van der Waals surface area contributed by atoms with Gasteiger partial charge < -0.3 is 9.84 Å². The van der Waals surface area contributed by atoms with Crippen molar-refractivity contribution in [3.8, 4) is 0 Å². The fourth-order valence-electron chi connectivity index (χ4n) is 2.78. The number of hydrogen-bond donors (Lipinski definition) is 1. The van der Waals surface area contributed by atoms with Gasteiger partial charge in [-0.15, -0.1) is 0 Å². The van der Waals surface area contributed by atoms with Crippen molar-refractivity contribution >= 4 is 5.97 Å². The van der Waals surface area contributed by atoms with Gasteiger partial charge in [0.1, 0.15) is 0 Å². The quantitative estimate of drug-likeness (QED) is 0.585. The Morgan fingerprint density at radius 2 is 2.33 bits per heavy atom. The van der Waals surface area contributed by atoms with E-state index in [0.717, 1.165) is 12.8 Å². The van der Waals surface area contributed by atoms with Gasteiger partial charge in [0.25, 0.3) is 0 Å². The van der Waals surface area contributed by atoms with Crippen LogP contribution in [0.25, 0.3) is 0 Å². The fraction of sp³-hybridized carbons (Fsp3) is 0.889. The maximum absolute atomic E-state index is 11.2. The summed E-state index contributed by atoms with van der Waals surface area (Å²) in [5, 5.41) is 9.81. The first kappa shape index (κ1) is 8.05. The van der Waals surface area contributed by atoms with Crippen LogP contribution in [0.5, 0.6) is 0 Å². The highest BCUT2D eigenvalue weighted by Crippen LogP contribution is 2.59. The summed E-state index contributed by atoms with van der Waals surface area (Å²) in [6.45, 7) is 1.82. The van der Waals surface area contributed by atoms with Crippen molar-refractivity contribution in [3.05, 3.63) is 0 Å². The molecule has 3 aliphatic rings. The summed E-state index contributed by atoms with van der Waals surface area (Å²) in [5.41, 5.74) is -0.622. The van der Waals surface area contributed by atoms with Gasteiger partial charge in [-0.05, 0) is 25.7 Å². The molecule has 1 N–H and O–H groups in total. The number of methoxy groups -OCH3 is 1. The van der Waals surface area contributed by atoms with Crippen LogP contribution in [0.2, 0.25) is 0 Å². The Hall–Kier alpha value is -0.570. The van der Waals surface area contributed by atoms with Crippen molar-refractivity contribution < 1.29 is 14.6 Å². The Morgan fingerprint density at radius 3 is 2.67 bits per heavy atom. The van der Waals surface area contributed by atoms with Gasteiger partial charge in [-0.2, -0.15) is 0 Å². The van der Waals surface area contributed by atoms with Crippen molar-refractivity contribution in [2.24, 2.45) is 17.8 Å². The van der Waals surface area contributed by atoms with Crippen LogP contribution in [0.3, 0.4) is 0 Å². The first-order chi connectivity index (χ1) is 5.56. The van der Waals surface area contributed by atoms with E-state index in [1.54, 1.807) is 0 Å². The number of ether oxygens (including phenoxy) is 1. The fourth-order valence-corrected chi connectivity index (χ4v) is 2.78. The van der Waals surface area contributed by atoms with Gasteiger partial charge in [0, 0.05) is 5.92 Å². The van der Waals surface area contributed by atoms with Crippen LogP contribution in [-0.2, 0) is 9.53 Å². The van der Waals surface area contributed by atoms with Gasteiger partial charge in [-0.3, -0.25) is 4.79 Å². The molecule has 0 aromatic carbocycles. The Labute approximate surface area is 71.7 Å². The minimum atomic E-state index is -0.622. The first-order valence-electron chi connectivity index (χ1n) is 4.36. The second-order valence-electron chi connectivity index (χ2n) is 4.21. The van der Waals surface area contributed by atoms with Crippen LogP contribution in [0.1, 0.15) is 19.8 Å². The minimum absolute atomic E-state index is 0.0231. The Bertz CT molecular complexity index is 222. The highest BCUT2D eigenvalue weighted by molar-refractivity contribution is 5.75. The second-order valence-corrected chi connectivity index (χ2v) is 4.21. The number of rotatable bonds is 1. The van der Waals surface area contributed by atoms with Gasteiger partial charge in [0.05, 0.1) is 18.6 Å². The molecule has 0 unspecified atom stereocenters. The van der Waals surface area contributed by atoms with Crippen molar-refractivity contribution in [2.45, 2.75) is 25.4 Å². The molecule has 3 heteroatoms. The predicted molar refractivity (Wildman–Crippen MR) is 42.3 cm³/mol. The summed E-state index contributed by atoms with van der Waals surface area (Å²) in [4.78, 5) is 11.2. The van der Waals surface area contributed by atoms with Crippen LogP contribution in [0, 0.1) is 17.8 Å². The SMILES string of the molecule is COC(=O)[C@@H]1[C@@H]2C[C@H]1[C@@](C)(O)C2. The minimum Gasteiger partial charge on any atom is -0.469 e. The lowest BCUT2D eigenvalue weighted by molar-refractivity contribution is -0.155. The van der Waals surface area contributed by atoms with Crippen molar-refractivity contribution in [3.63, 3.8) is 0 Å². The van der Waals surface area contributed by atoms with Gasteiger partial charge in [0.15, 0.2) is 0 Å². The summed E-state index contributed by atoms with van der Waals surface area (Å²) in [6, 6.07) is 0. The molecule has 3 fully saturated rings. The number of hydrogen-bond acceptors (Lipinski definition) is 3. The molecular weight excluding hydrogens is 156 g/mol. The van der Waals surface area contributed by atoms with Gasteiger partial charge >= 0.3 is 5.97 Å². The van der Waals surface area contributed by atoms with Gasteiger partial charge in [-0.1, -0.05) is 0 Å². The molecule has 0 aromatic rings. The van der Waals surface area contributed by atoms with Crippen LogP contribution in [0.4, 0.5) is 0 Å². The van der Waals surface area contributed by atoms with Crippen LogP contribution in [-0.4, -0.2) is 23.8 Å². The molecule has 0 aromatic heterocycles. The number of aliphatic hydroxyl groups is 1. The topological polar surface area (TPSA) is 46.5 Å². The molecule has 0 saturated heterocycles. The zero-order chi connectivity index (χ0) is 8.93. The molecule has 3 saturated carbocycles. The highest BCUT2D eigenvalue weighted by Gasteiger charge is 2.61. The average molecular weight is 170 g/mol. The molecule has 0 radical (unpaired) electrons. The summed E-state index contributed by atoms with van der Waals surface area (Å²) < 4.78 is 4.68. The van der Waals surface area contributed by atoms with Gasteiger partial charge in [0.2, 0.25) is 0 Å². The lowest BCUT2D eigenvalue weighted by Crippen LogP contribution is -2.41. The van der Waals surface area contributed by atoms with Crippen molar-refractivity contribution in [2.75, 3.05) is 7.11 Å². The largest absolute Gasteiger partial charge is 0.469 e. The summed E-state index contributed by atoms with van der Waals surface area (Å²) in [7, 11) is 1.41. The first-order valence-corrected chi connectivity index (χ1v) is 4.36. The van der Waals surface area contributed by atoms with E-state index in [0.29, 0.717) is 5.92 Å². The Morgan fingerprint density at radius 1 is 1.67 bits per heavy atom. The zero-order valence-electron chi connectivity index (χ0n) is 7.41. The average Bonchev–Trinajstić information content (AvgIpc) is 2.37. The van der Waals surface area contributed by atoms with Gasteiger partial charge in [-0.25, -0.2) is 0 Å². The molecule has 2 bridgehead atoms. The summed E-state index contributed by atoms with van der Waals surface area (Å²) >= 11 is 0. The maximum atomic E-state index is 11.2. The molecule has 0 spiro atoms. The Kier molecular flexibility index (Phi) is 1.49. The van der Waals surface area contributed by atoms with Crippen molar-refractivity contribution in [1.82, 2.24) is 0 Å². The third-order valence-corrected chi connectivity index (χ3v) is 3.45. The molecule has 3 nitrogen and oxygen atoms in total. The standard InChI is InChI=1S/C9H14O3/c1-9(11)4-5-3-6(9)7(5)8(10)12-2/h5-7,11H,3-4H2,1-2H3/t5-,6-,7-,9+/m1/s1. The molecule has 3 rings (SSSR count). The monoisotopic (exact) mass is 170 g/mol. The molecular formula is C9H14O3. The lowest BCUT2D eigenvalue weighted by atomic mass is 9.70.